The topological polar surface area (TPSA) is 99.2 Å². The zero-order valence-electron chi connectivity index (χ0n) is 7.96. The summed E-state index contributed by atoms with van der Waals surface area (Å²) in [4.78, 5) is 4.07. The van der Waals surface area contributed by atoms with Crippen molar-refractivity contribution < 1.29 is 13.9 Å². The van der Waals surface area contributed by atoms with Crippen LogP contribution in [0.1, 0.15) is 13.3 Å². The van der Waals surface area contributed by atoms with Crippen LogP contribution in [0.15, 0.2) is 4.99 Å². The molecule has 4 N–H and O–H groups in total. The number of aliphatic hydroxyl groups excluding tert-OH is 1. The Morgan fingerprint density at radius 2 is 2.43 bits per heavy atom. The van der Waals surface area contributed by atoms with Crippen LogP contribution in [0.2, 0.25) is 0 Å². The Morgan fingerprint density at radius 1 is 1.79 bits per heavy atom. The molecule has 0 bridgehead atoms. The van der Waals surface area contributed by atoms with E-state index in [1.165, 1.54) is 11.2 Å². The van der Waals surface area contributed by atoms with Crippen molar-refractivity contribution in [3.05, 3.63) is 0 Å². The molecule has 1 unspecified atom stereocenters. The van der Waals surface area contributed by atoms with Crippen LogP contribution >= 0.6 is 0 Å². The lowest BCUT2D eigenvalue weighted by atomic mass is 10.2. The molecule has 1 rings (SSSR count). The van der Waals surface area contributed by atoms with Gasteiger partial charge in [0.15, 0.2) is 0 Å². The molecule has 1 aliphatic rings. The van der Waals surface area contributed by atoms with E-state index in [4.69, 9.17) is 15.4 Å². The summed E-state index contributed by atoms with van der Waals surface area (Å²) in [6.45, 7) is 2.48. The molecule has 82 valence electrons. The molecule has 7 heteroatoms. The van der Waals surface area contributed by atoms with E-state index in [1.807, 2.05) is 0 Å². The maximum Gasteiger partial charge on any atom is 0.234 e. The molecule has 1 fully saturated rings. The number of nitrogens with zero attached hydrogens (tertiary/aromatic N) is 2. The Balaban J connectivity index is 2.51. The van der Waals surface area contributed by atoms with Gasteiger partial charge in [0.25, 0.3) is 0 Å². The van der Waals surface area contributed by atoms with E-state index in [-0.39, 0.29) is 11.9 Å². The highest BCUT2D eigenvalue weighted by Gasteiger charge is 2.25. The van der Waals surface area contributed by atoms with Crippen LogP contribution in [0.3, 0.4) is 0 Å². The first-order valence-electron chi connectivity index (χ1n) is 4.38. The van der Waals surface area contributed by atoms with Crippen molar-refractivity contribution in [2.24, 2.45) is 10.7 Å². The molecule has 3 atom stereocenters. The van der Waals surface area contributed by atoms with E-state index in [0.29, 0.717) is 19.5 Å². The molecule has 0 amide bonds. The predicted molar refractivity (Wildman–Crippen MR) is 54.1 cm³/mol. The minimum absolute atomic E-state index is 0.0827. The molecule has 1 heterocycles. The second-order valence-corrected chi connectivity index (χ2v) is 4.27. The SMILES string of the molecule is C[C@@H](O)C(N)=N[C@H]1CCN(S(=O)O)C1. The molecule has 0 aromatic carbocycles. The monoisotopic (exact) mass is 221 g/mol. The quantitative estimate of drug-likeness (QED) is 0.321. The normalized spacial score (nSPS) is 29.1. The lowest BCUT2D eigenvalue weighted by Crippen LogP contribution is -2.29. The van der Waals surface area contributed by atoms with Crippen molar-refractivity contribution >= 4 is 17.1 Å². The first-order chi connectivity index (χ1) is 6.50. The highest BCUT2D eigenvalue weighted by molar-refractivity contribution is 7.76. The van der Waals surface area contributed by atoms with Gasteiger partial charge in [-0.2, -0.15) is 4.31 Å². The summed E-state index contributed by atoms with van der Waals surface area (Å²) in [7, 11) is 0. The maximum atomic E-state index is 10.7. The smallest absolute Gasteiger partial charge is 0.234 e. The summed E-state index contributed by atoms with van der Waals surface area (Å²) in [6.07, 6.45) is -0.0663. The van der Waals surface area contributed by atoms with Crippen LogP contribution in [0.5, 0.6) is 0 Å². The van der Waals surface area contributed by atoms with Crippen LogP contribution < -0.4 is 5.73 Å². The number of aliphatic imine (C=N–C) groups is 1. The minimum atomic E-state index is -1.93. The summed E-state index contributed by atoms with van der Waals surface area (Å²) in [5.41, 5.74) is 5.46. The average molecular weight is 221 g/mol. The van der Waals surface area contributed by atoms with Gasteiger partial charge in [-0.1, -0.05) is 0 Å². The summed E-state index contributed by atoms with van der Waals surface area (Å²) in [6, 6.07) is -0.0827. The number of aliphatic hydroxyl groups is 1. The van der Waals surface area contributed by atoms with Crippen LogP contribution in [0, 0.1) is 0 Å². The predicted octanol–water partition coefficient (Wildman–Crippen LogP) is -1.06. The maximum absolute atomic E-state index is 10.7. The van der Waals surface area contributed by atoms with Gasteiger partial charge < -0.3 is 10.8 Å². The fourth-order valence-electron chi connectivity index (χ4n) is 1.28. The van der Waals surface area contributed by atoms with Crippen molar-refractivity contribution in [1.82, 2.24) is 4.31 Å². The first-order valence-corrected chi connectivity index (χ1v) is 5.44. The number of nitrogens with two attached hydrogens (primary N) is 1. The fraction of sp³-hybridized carbons (Fsp3) is 0.857. The Kier molecular flexibility index (Phi) is 3.99. The van der Waals surface area contributed by atoms with Gasteiger partial charge in [0.05, 0.1) is 6.04 Å². The number of amidine groups is 1. The van der Waals surface area contributed by atoms with Crippen LogP contribution in [-0.4, -0.2) is 49.2 Å². The van der Waals surface area contributed by atoms with Crippen molar-refractivity contribution in [2.75, 3.05) is 13.1 Å². The third-order valence-electron chi connectivity index (χ3n) is 2.11. The van der Waals surface area contributed by atoms with Crippen molar-refractivity contribution in [3.8, 4) is 0 Å². The van der Waals surface area contributed by atoms with Crippen molar-refractivity contribution in [2.45, 2.75) is 25.5 Å². The first kappa shape index (κ1) is 11.6. The van der Waals surface area contributed by atoms with E-state index >= 15 is 0 Å². The highest BCUT2D eigenvalue weighted by atomic mass is 32.2. The minimum Gasteiger partial charge on any atom is -0.386 e. The summed E-state index contributed by atoms with van der Waals surface area (Å²) in [5.74, 6) is 0.181. The second kappa shape index (κ2) is 4.83. The number of hydrogen-bond acceptors (Lipinski definition) is 3. The van der Waals surface area contributed by atoms with Crippen molar-refractivity contribution in [1.29, 1.82) is 0 Å². The molecule has 0 saturated carbocycles. The Hall–Kier alpha value is -0.500. The van der Waals surface area contributed by atoms with E-state index in [1.54, 1.807) is 0 Å². The average Bonchev–Trinajstić information content (AvgIpc) is 2.52. The van der Waals surface area contributed by atoms with Gasteiger partial charge in [-0.05, 0) is 13.3 Å². The lowest BCUT2D eigenvalue weighted by molar-refractivity contribution is 0.260. The molecule has 0 spiro atoms. The van der Waals surface area contributed by atoms with Crippen LogP contribution in [0.25, 0.3) is 0 Å². The van der Waals surface area contributed by atoms with Gasteiger partial charge in [0, 0.05) is 13.1 Å². The molecule has 0 aliphatic carbocycles. The van der Waals surface area contributed by atoms with Gasteiger partial charge in [0.1, 0.15) is 11.9 Å². The Morgan fingerprint density at radius 3 is 2.86 bits per heavy atom. The van der Waals surface area contributed by atoms with Crippen LogP contribution in [-0.2, 0) is 11.3 Å². The largest absolute Gasteiger partial charge is 0.386 e. The number of hydrogen-bond donors (Lipinski definition) is 3. The van der Waals surface area contributed by atoms with Gasteiger partial charge >= 0.3 is 0 Å². The van der Waals surface area contributed by atoms with Gasteiger partial charge in [-0.15, -0.1) is 0 Å². The fourth-order valence-corrected chi connectivity index (χ4v) is 1.84. The zero-order valence-corrected chi connectivity index (χ0v) is 8.78. The van der Waals surface area contributed by atoms with Crippen molar-refractivity contribution in [3.63, 3.8) is 0 Å². The van der Waals surface area contributed by atoms with Crippen LogP contribution in [0.4, 0.5) is 0 Å². The molecule has 14 heavy (non-hydrogen) atoms. The number of rotatable bonds is 3. The molecule has 0 aromatic heterocycles. The van der Waals surface area contributed by atoms with E-state index in [2.05, 4.69) is 4.99 Å². The van der Waals surface area contributed by atoms with Gasteiger partial charge in [-0.25, -0.2) is 4.21 Å². The molecular formula is C7H15N3O3S. The van der Waals surface area contributed by atoms with E-state index < -0.39 is 17.4 Å². The third-order valence-corrected chi connectivity index (χ3v) is 2.88. The standard InChI is InChI=1S/C7H15N3O3S/c1-5(11)7(8)9-6-2-3-10(4-6)14(12)13/h5-6,11H,2-4H2,1H3,(H2,8,9)(H,12,13)/t5-,6+/m1/s1. The van der Waals surface area contributed by atoms with Gasteiger partial charge in [0.2, 0.25) is 11.3 Å². The molecule has 0 aromatic rings. The second-order valence-electron chi connectivity index (χ2n) is 3.29. The molecule has 6 nitrogen and oxygen atoms in total. The lowest BCUT2D eigenvalue weighted by Gasteiger charge is -2.09. The Bertz CT molecular complexity index is 257. The summed E-state index contributed by atoms with van der Waals surface area (Å²) >= 11 is -1.93. The molecule has 1 aliphatic heterocycles. The summed E-state index contributed by atoms with van der Waals surface area (Å²) < 4.78 is 20.9. The third kappa shape index (κ3) is 3.02. The molecule has 0 radical (unpaired) electrons. The zero-order chi connectivity index (χ0) is 10.7. The van der Waals surface area contributed by atoms with Gasteiger partial charge in [-0.3, -0.25) is 9.55 Å². The van der Waals surface area contributed by atoms with E-state index in [0.717, 1.165) is 0 Å². The summed E-state index contributed by atoms with van der Waals surface area (Å²) in [5, 5.41) is 9.08. The van der Waals surface area contributed by atoms with E-state index in [9.17, 15) is 4.21 Å². The highest BCUT2D eigenvalue weighted by Crippen LogP contribution is 2.13. The molecular weight excluding hydrogens is 206 g/mol. The Labute approximate surface area is 85.2 Å². The molecule has 1 saturated heterocycles.